The largest absolute Gasteiger partial charge is 0.295 e. The maximum absolute atomic E-state index is 14.0. The minimum Gasteiger partial charge on any atom is -0.295 e. The second-order valence-corrected chi connectivity index (χ2v) is 6.05. The van der Waals surface area contributed by atoms with Crippen LogP contribution in [0.5, 0.6) is 0 Å². The minimum atomic E-state index is -0.486. The molecule has 0 bridgehead atoms. The molecule has 136 valence electrons. The van der Waals surface area contributed by atoms with Crippen molar-refractivity contribution in [2.75, 3.05) is 5.43 Å². The first-order valence-electron chi connectivity index (χ1n) is 8.20. The van der Waals surface area contributed by atoms with Gasteiger partial charge >= 0.3 is 0 Å². The molecular formula is C17H20FN7O. The molecule has 0 saturated carbocycles. The van der Waals surface area contributed by atoms with Crippen LogP contribution < -0.4 is 11.0 Å². The van der Waals surface area contributed by atoms with Gasteiger partial charge in [-0.05, 0) is 39.3 Å². The Bertz CT molecular complexity index is 1080. The molecule has 1 N–H and O–H groups in total. The van der Waals surface area contributed by atoms with Crippen molar-refractivity contribution in [1.29, 1.82) is 0 Å². The van der Waals surface area contributed by atoms with Crippen LogP contribution >= 0.6 is 0 Å². The molecule has 0 aliphatic carbocycles. The summed E-state index contributed by atoms with van der Waals surface area (Å²) in [7, 11) is 1.52. The Morgan fingerprint density at radius 3 is 2.65 bits per heavy atom. The molecule has 0 aliphatic heterocycles. The minimum absolute atomic E-state index is 0.251. The van der Waals surface area contributed by atoms with Crippen LogP contribution in [-0.2, 0) is 13.6 Å². The van der Waals surface area contributed by atoms with Crippen LogP contribution in [0.2, 0.25) is 0 Å². The Hall–Kier alpha value is -3.10. The normalized spacial score (nSPS) is 11.6. The van der Waals surface area contributed by atoms with Gasteiger partial charge in [0.25, 0.3) is 5.56 Å². The lowest BCUT2D eigenvalue weighted by Gasteiger charge is -2.13. The predicted octanol–water partition coefficient (Wildman–Crippen LogP) is 2.06. The number of anilines is 1. The van der Waals surface area contributed by atoms with E-state index in [1.165, 1.54) is 13.3 Å². The highest BCUT2D eigenvalue weighted by Gasteiger charge is 2.14. The third kappa shape index (κ3) is 2.96. The summed E-state index contributed by atoms with van der Waals surface area (Å²) in [5.41, 5.74) is 5.32. The number of rotatable bonds is 4. The standard InChI is InChI=1S/C17H20FN7O/c1-6-25-15-13(9(2)7-10(3)20-15)16(26)21-17(25)22-19-8-12-11(4)23-24(5)14(12)18/h7-8H,6H2,1-5H3,(H,21,22,26)/b19-8-. The molecule has 3 aromatic heterocycles. The van der Waals surface area contributed by atoms with Gasteiger partial charge in [0.05, 0.1) is 22.9 Å². The average Bonchev–Trinajstić information content (AvgIpc) is 2.80. The molecule has 8 nitrogen and oxygen atoms in total. The zero-order valence-electron chi connectivity index (χ0n) is 15.3. The number of nitrogens with one attached hydrogen (secondary N) is 1. The lowest BCUT2D eigenvalue weighted by atomic mass is 10.2. The first-order chi connectivity index (χ1) is 12.3. The fourth-order valence-electron chi connectivity index (χ4n) is 2.92. The van der Waals surface area contributed by atoms with Gasteiger partial charge in [-0.2, -0.15) is 19.6 Å². The summed E-state index contributed by atoms with van der Waals surface area (Å²) in [5, 5.41) is 8.50. The molecule has 0 amide bonds. The molecule has 3 aromatic rings. The molecule has 9 heteroatoms. The molecule has 0 radical (unpaired) electrons. The molecule has 0 fully saturated rings. The monoisotopic (exact) mass is 357 g/mol. The van der Waals surface area contributed by atoms with Crippen molar-refractivity contribution < 1.29 is 4.39 Å². The summed E-state index contributed by atoms with van der Waals surface area (Å²) < 4.78 is 16.9. The Morgan fingerprint density at radius 2 is 2.04 bits per heavy atom. The van der Waals surface area contributed by atoms with Gasteiger partial charge in [-0.15, -0.1) is 0 Å². The number of aryl methyl sites for hydroxylation is 5. The second kappa shape index (κ2) is 6.66. The molecular weight excluding hydrogens is 337 g/mol. The van der Waals surface area contributed by atoms with E-state index in [0.29, 0.717) is 23.3 Å². The zero-order chi connectivity index (χ0) is 19.0. The van der Waals surface area contributed by atoms with Gasteiger partial charge in [0.2, 0.25) is 11.9 Å². The van der Waals surface area contributed by atoms with E-state index in [-0.39, 0.29) is 17.1 Å². The van der Waals surface area contributed by atoms with E-state index in [9.17, 15) is 9.18 Å². The molecule has 0 aromatic carbocycles. The third-order valence-corrected chi connectivity index (χ3v) is 4.13. The lowest BCUT2D eigenvalue weighted by molar-refractivity contribution is 0.502. The van der Waals surface area contributed by atoms with Crippen LogP contribution in [0.4, 0.5) is 10.3 Å². The second-order valence-electron chi connectivity index (χ2n) is 6.05. The van der Waals surface area contributed by atoms with Crippen LogP contribution in [0.1, 0.15) is 29.4 Å². The predicted molar refractivity (Wildman–Crippen MR) is 98.1 cm³/mol. The van der Waals surface area contributed by atoms with Crippen LogP contribution in [0.3, 0.4) is 0 Å². The van der Waals surface area contributed by atoms with Crippen molar-refractivity contribution >= 4 is 23.2 Å². The first kappa shape index (κ1) is 17.7. The molecule has 0 atom stereocenters. The molecule has 26 heavy (non-hydrogen) atoms. The average molecular weight is 357 g/mol. The number of hydrazone groups is 1. The Morgan fingerprint density at radius 1 is 1.31 bits per heavy atom. The van der Waals surface area contributed by atoms with Crippen LogP contribution in [0.25, 0.3) is 11.0 Å². The number of fused-ring (bicyclic) bond motifs is 1. The quantitative estimate of drug-likeness (QED) is 0.570. The number of hydrogen-bond donors (Lipinski definition) is 1. The summed E-state index contributed by atoms with van der Waals surface area (Å²) in [5.74, 6) is -0.235. The highest BCUT2D eigenvalue weighted by atomic mass is 19.1. The summed E-state index contributed by atoms with van der Waals surface area (Å²) in [6.45, 7) is 7.88. The molecule has 0 aliphatic rings. The van der Waals surface area contributed by atoms with Crippen LogP contribution in [0.15, 0.2) is 16.0 Å². The van der Waals surface area contributed by atoms with Crippen molar-refractivity contribution in [3.8, 4) is 0 Å². The van der Waals surface area contributed by atoms with E-state index in [1.54, 1.807) is 11.5 Å². The lowest BCUT2D eigenvalue weighted by Crippen LogP contribution is -2.19. The molecule has 3 heterocycles. The van der Waals surface area contributed by atoms with Crippen molar-refractivity contribution in [3.05, 3.63) is 44.9 Å². The van der Waals surface area contributed by atoms with E-state index in [1.807, 2.05) is 26.8 Å². The van der Waals surface area contributed by atoms with Crippen LogP contribution in [-0.4, -0.2) is 30.5 Å². The summed E-state index contributed by atoms with van der Waals surface area (Å²) in [6.07, 6.45) is 1.32. The van der Waals surface area contributed by atoms with Gasteiger partial charge < -0.3 is 0 Å². The Kier molecular flexibility index (Phi) is 4.54. The van der Waals surface area contributed by atoms with Gasteiger partial charge in [-0.25, -0.2) is 15.1 Å². The van der Waals surface area contributed by atoms with E-state index in [2.05, 4.69) is 25.6 Å². The fourth-order valence-corrected chi connectivity index (χ4v) is 2.92. The van der Waals surface area contributed by atoms with Crippen molar-refractivity contribution in [2.45, 2.75) is 34.2 Å². The number of aromatic nitrogens is 5. The zero-order valence-corrected chi connectivity index (χ0v) is 15.3. The Labute approximate surface area is 149 Å². The van der Waals surface area contributed by atoms with E-state index < -0.39 is 5.95 Å². The highest BCUT2D eigenvalue weighted by molar-refractivity contribution is 5.82. The van der Waals surface area contributed by atoms with Crippen molar-refractivity contribution in [1.82, 2.24) is 24.3 Å². The Balaban J connectivity index is 2.05. The fraction of sp³-hybridized carbons (Fsp3) is 0.353. The number of halogens is 1. The molecule has 0 unspecified atom stereocenters. The van der Waals surface area contributed by atoms with Gasteiger partial charge in [0, 0.05) is 19.3 Å². The molecule has 3 rings (SSSR count). The van der Waals surface area contributed by atoms with E-state index >= 15 is 0 Å². The molecule has 0 spiro atoms. The van der Waals surface area contributed by atoms with Gasteiger partial charge in [-0.3, -0.25) is 9.36 Å². The number of pyridine rings is 1. The smallest absolute Gasteiger partial charge is 0.284 e. The van der Waals surface area contributed by atoms with Gasteiger partial charge in [0.15, 0.2) is 0 Å². The van der Waals surface area contributed by atoms with Gasteiger partial charge in [-0.1, -0.05) is 0 Å². The first-order valence-corrected chi connectivity index (χ1v) is 8.20. The van der Waals surface area contributed by atoms with Gasteiger partial charge in [0.1, 0.15) is 5.65 Å². The summed E-state index contributed by atoms with van der Waals surface area (Å²) in [4.78, 5) is 21.0. The van der Waals surface area contributed by atoms with E-state index in [0.717, 1.165) is 15.9 Å². The van der Waals surface area contributed by atoms with Crippen LogP contribution in [0, 0.1) is 26.7 Å². The van der Waals surface area contributed by atoms with E-state index in [4.69, 9.17) is 0 Å². The maximum atomic E-state index is 14.0. The maximum Gasteiger partial charge on any atom is 0.284 e. The summed E-state index contributed by atoms with van der Waals surface area (Å²) in [6, 6.07) is 1.85. The highest BCUT2D eigenvalue weighted by Crippen LogP contribution is 2.17. The van der Waals surface area contributed by atoms with Crippen molar-refractivity contribution in [2.24, 2.45) is 12.1 Å². The number of hydrogen-bond acceptors (Lipinski definition) is 6. The third-order valence-electron chi connectivity index (χ3n) is 4.13. The summed E-state index contributed by atoms with van der Waals surface area (Å²) >= 11 is 0. The number of nitrogens with zero attached hydrogens (tertiary/aromatic N) is 6. The topological polar surface area (TPSA) is 90.0 Å². The molecule has 0 saturated heterocycles. The van der Waals surface area contributed by atoms with Crippen molar-refractivity contribution in [3.63, 3.8) is 0 Å². The SMILES string of the molecule is CCn1c(N/N=C\c2c(C)nn(C)c2F)nc(=O)c2c(C)cc(C)nc21.